The minimum absolute atomic E-state index is 0.519. The summed E-state index contributed by atoms with van der Waals surface area (Å²) in [6.45, 7) is 0. The summed E-state index contributed by atoms with van der Waals surface area (Å²) in [7, 11) is 0. The van der Waals surface area contributed by atoms with Crippen molar-refractivity contribution in [2.24, 2.45) is 0 Å². The Morgan fingerprint density at radius 1 is 1.60 bits per heavy atom. The van der Waals surface area contributed by atoms with Crippen molar-refractivity contribution < 1.29 is 5.11 Å². The molecule has 1 rings (SSSR count). The minimum atomic E-state index is -0.874. The average molecular weight is 133 g/mol. The zero-order chi connectivity index (χ0) is 7.40. The molecule has 0 fully saturated rings. The summed E-state index contributed by atoms with van der Waals surface area (Å²) in [5.41, 5.74) is 0.519. The fraction of sp³-hybridized carbons (Fsp3) is 0.125. The number of hydrogen-bond donors (Lipinski definition) is 1. The SMILES string of the molecule is C#C[C@H](O)c1ccccn1. The van der Waals surface area contributed by atoms with Crippen molar-refractivity contribution in [1.82, 2.24) is 4.98 Å². The van der Waals surface area contributed by atoms with Crippen molar-refractivity contribution in [3.8, 4) is 12.3 Å². The van der Waals surface area contributed by atoms with Gasteiger partial charge in [-0.1, -0.05) is 12.0 Å². The predicted octanol–water partition coefficient (Wildman–Crippen LogP) is 0.748. The Bertz CT molecular complexity index is 237. The van der Waals surface area contributed by atoms with Crippen LogP contribution in [0.2, 0.25) is 0 Å². The molecule has 1 aromatic rings. The van der Waals surface area contributed by atoms with Crippen LogP contribution >= 0.6 is 0 Å². The summed E-state index contributed by atoms with van der Waals surface area (Å²) in [6.07, 6.45) is 5.68. The Morgan fingerprint density at radius 3 is 2.90 bits per heavy atom. The molecule has 0 saturated heterocycles. The smallest absolute Gasteiger partial charge is 0.156 e. The maximum Gasteiger partial charge on any atom is 0.156 e. The first kappa shape index (κ1) is 6.79. The van der Waals surface area contributed by atoms with Gasteiger partial charge in [-0.3, -0.25) is 4.98 Å². The summed E-state index contributed by atoms with van der Waals surface area (Å²) in [6, 6.07) is 5.24. The Kier molecular flexibility index (Phi) is 2.03. The van der Waals surface area contributed by atoms with Crippen LogP contribution in [0.5, 0.6) is 0 Å². The molecule has 0 amide bonds. The first-order valence-electron chi connectivity index (χ1n) is 2.89. The number of terminal acetylenes is 1. The number of aromatic nitrogens is 1. The molecule has 2 nitrogen and oxygen atoms in total. The highest BCUT2D eigenvalue weighted by Gasteiger charge is 2.00. The van der Waals surface area contributed by atoms with E-state index in [1.54, 1.807) is 24.4 Å². The maximum atomic E-state index is 9.03. The van der Waals surface area contributed by atoms with Gasteiger partial charge in [0, 0.05) is 6.20 Å². The fourth-order valence-corrected chi connectivity index (χ4v) is 0.623. The molecule has 0 saturated carbocycles. The van der Waals surface area contributed by atoms with Gasteiger partial charge < -0.3 is 5.11 Å². The largest absolute Gasteiger partial charge is 0.374 e. The number of pyridine rings is 1. The minimum Gasteiger partial charge on any atom is -0.374 e. The highest BCUT2D eigenvalue weighted by molar-refractivity contribution is 5.14. The van der Waals surface area contributed by atoms with Crippen LogP contribution in [0.15, 0.2) is 24.4 Å². The Balaban J connectivity index is 2.88. The van der Waals surface area contributed by atoms with Gasteiger partial charge in [0.25, 0.3) is 0 Å². The second kappa shape index (κ2) is 3.00. The van der Waals surface area contributed by atoms with Crippen LogP contribution in [0.25, 0.3) is 0 Å². The lowest BCUT2D eigenvalue weighted by Gasteiger charge is -1.99. The lowest BCUT2D eigenvalue weighted by Crippen LogP contribution is -1.95. The molecule has 0 aromatic carbocycles. The van der Waals surface area contributed by atoms with E-state index in [0.717, 1.165) is 0 Å². The molecule has 1 atom stereocenters. The average Bonchev–Trinajstić information content (AvgIpc) is 2.05. The molecule has 0 aliphatic carbocycles. The van der Waals surface area contributed by atoms with E-state index in [1.165, 1.54) is 0 Å². The van der Waals surface area contributed by atoms with Crippen LogP contribution in [-0.4, -0.2) is 10.1 Å². The Hall–Kier alpha value is -1.33. The third-order valence-corrected chi connectivity index (χ3v) is 1.13. The first-order chi connectivity index (χ1) is 4.84. The van der Waals surface area contributed by atoms with Gasteiger partial charge in [0.1, 0.15) is 0 Å². The molecule has 0 spiro atoms. The third kappa shape index (κ3) is 1.34. The molecule has 0 aliphatic heterocycles. The van der Waals surface area contributed by atoms with Gasteiger partial charge in [-0.25, -0.2) is 0 Å². The molecule has 0 radical (unpaired) electrons. The van der Waals surface area contributed by atoms with E-state index in [2.05, 4.69) is 10.9 Å². The lowest BCUT2D eigenvalue weighted by atomic mass is 10.2. The van der Waals surface area contributed by atoms with Gasteiger partial charge in [-0.2, -0.15) is 0 Å². The van der Waals surface area contributed by atoms with E-state index < -0.39 is 6.10 Å². The zero-order valence-electron chi connectivity index (χ0n) is 5.36. The van der Waals surface area contributed by atoms with Crippen LogP contribution in [0.1, 0.15) is 11.8 Å². The summed E-state index contributed by atoms with van der Waals surface area (Å²) in [4.78, 5) is 3.86. The van der Waals surface area contributed by atoms with Gasteiger partial charge >= 0.3 is 0 Å². The van der Waals surface area contributed by atoms with Crippen molar-refractivity contribution in [2.75, 3.05) is 0 Å². The van der Waals surface area contributed by atoms with Crippen LogP contribution < -0.4 is 0 Å². The highest BCUT2D eigenvalue weighted by atomic mass is 16.3. The number of rotatable bonds is 1. The highest BCUT2D eigenvalue weighted by Crippen LogP contribution is 2.05. The van der Waals surface area contributed by atoms with Crippen molar-refractivity contribution in [2.45, 2.75) is 6.10 Å². The van der Waals surface area contributed by atoms with Crippen LogP contribution in [0, 0.1) is 12.3 Å². The summed E-state index contributed by atoms with van der Waals surface area (Å²) in [5, 5.41) is 9.03. The molecular weight excluding hydrogens is 126 g/mol. The zero-order valence-corrected chi connectivity index (χ0v) is 5.36. The number of nitrogens with zero attached hydrogens (tertiary/aromatic N) is 1. The van der Waals surface area contributed by atoms with Gasteiger partial charge in [0.15, 0.2) is 6.10 Å². The van der Waals surface area contributed by atoms with E-state index in [4.69, 9.17) is 11.5 Å². The molecular formula is C8H7NO. The van der Waals surface area contributed by atoms with Crippen LogP contribution in [0.3, 0.4) is 0 Å². The molecule has 10 heavy (non-hydrogen) atoms. The van der Waals surface area contributed by atoms with Crippen LogP contribution in [-0.2, 0) is 0 Å². The predicted molar refractivity (Wildman–Crippen MR) is 38.0 cm³/mol. The molecule has 1 heterocycles. The quantitative estimate of drug-likeness (QED) is 0.573. The van der Waals surface area contributed by atoms with Gasteiger partial charge in [-0.15, -0.1) is 6.42 Å². The summed E-state index contributed by atoms with van der Waals surface area (Å²) in [5.74, 6) is 2.17. The normalized spacial score (nSPS) is 12.0. The monoisotopic (exact) mass is 133 g/mol. The molecule has 2 heteroatoms. The second-order valence-electron chi connectivity index (χ2n) is 1.82. The fourth-order valence-electron chi connectivity index (χ4n) is 0.623. The van der Waals surface area contributed by atoms with E-state index >= 15 is 0 Å². The van der Waals surface area contributed by atoms with Crippen LogP contribution in [0.4, 0.5) is 0 Å². The van der Waals surface area contributed by atoms with Gasteiger partial charge in [0.05, 0.1) is 5.69 Å². The first-order valence-corrected chi connectivity index (χ1v) is 2.89. The number of aliphatic hydroxyl groups is 1. The van der Waals surface area contributed by atoms with E-state index in [0.29, 0.717) is 5.69 Å². The van der Waals surface area contributed by atoms with E-state index in [1.807, 2.05) is 0 Å². The molecule has 0 unspecified atom stereocenters. The second-order valence-corrected chi connectivity index (χ2v) is 1.82. The maximum absolute atomic E-state index is 9.03. The Labute approximate surface area is 59.5 Å². The number of hydrogen-bond acceptors (Lipinski definition) is 2. The van der Waals surface area contributed by atoms with E-state index in [9.17, 15) is 0 Å². The van der Waals surface area contributed by atoms with Crippen molar-refractivity contribution in [3.05, 3.63) is 30.1 Å². The van der Waals surface area contributed by atoms with Crippen molar-refractivity contribution in [3.63, 3.8) is 0 Å². The standard InChI is InChI=1S/C8H7NO/c1-2-8(10)7-5-3-4-6-9-7/h1,3-6,8,10H/t8-/m0/s1. The van der Waals surface area contributed by atoms with Crippen molar-refractivity contribution >= 4 is 0 Å². The molecule has 0 bridgehead atoms. The van der Waals surface area contributed by atoms with Gasteiger partial charge in [0.2, 0.25) is 0 Å². The summed E-state index contributed by atoms with van der Waals surface area (Å²) >= 11 is 0. The Morgan fingerprint density at radius 2 is 2.40 bits per heavy atom. The summed E-state index contributed by atoms with van der Waals surface area (Å²) < 4.78 is 0. The lowest BCUT2D eigenvalue weighted by molar-refractivity contribution is 0.233. The molecule has 1 aromatic heterocycles. The molecule has 1 N–H and O–H groups in total. The van der Waals surface area contributed by atoms with Gasteiger partial charge in [-0.05, 0) is 12.1 Å². The number of aliphatic hydroxyl groups excluding tert-OH is 1. The van der Waals surface area contributed by atoms with Crippen molar-refractivity contribution in [1.29, 1.82) is 0 Å². The molecule has 50 valence electrons. The third-order valence-electron chi connectivity index (χ3n) is 1.13. The molecule has 0 aliphatic rings. The topological polar surface area (TPSA) is 33.1 Å². The van der Waals surface area contributed by atoms with E-state index in [-0.39, 0.29) is 0 Å².